The normalized spacial score (nSPS) is 10.2. The number of benzene rings is 1. The molecule has 2 aromatic rings. The van der Waals surface area contributed by atoms with Crippen molar-refractivity contribution in [3.63, 3.8) is 0 Å². The Morgan fingerprint density at radius 2 is 2.06 bits per heavy atom. The van der Waals surface area contributed by atoms with E-state index in [1.807, 2.05) is 37.3 Å². The molecule has 0 saturated heterocycles. The Kier molecular flexibility index (Phi) is 3.67. The van der Waals surface area contributed by atoms with Gasteiger partial charge in [0.15, 0.2) is 5.82 Å². The second-order valence-electron chi connectivity index (χ2n) is 3.50. The summed E-state index contributed by atoms with van der Waals surface area (Å²) in [4.78, 5) is 8.64. The Hall–Kier alpha value is -1.94. The van der Waals surface area contributed by atoms with Crippen LogP contribution in [0.2, 0.25) is 0 Å². The summed E-state index contributed by atoms with van der Waals surface area (Å²) in [6.07, 6.45) is 1.72. The Balaban J connectivity index is 2.44. The number of ether oxygens (including phenoxy) is 1. The van der Waals surface area contributed by atoms with Gasteiger partial charge in [0.05, 0.1) is 17.9 Å². The Morgan fingerprint density at radius 1 is 1.24 bits per heavy atom. The summed E-state index contributed by atoms with van der Waals surface area (Å²) in [6, 6.07) is 9.54. The van der Waals surface area contributed by atoms with Crippen molar-refractivity contribution in [1.29, 1.82) is 0 Å². The average molecular weight is 229 g/mol. The summed E-state index contributed by atoms with van der Waals surface area (Å²) in [5.74, 6) is 1.45. The maximum Gasteiger partial charge on any atom is 0.163 e. The van der Waals surface area contributed by atoms with E-state index in [1.165, 1.54) is 0 Å². The summed E-state index contributed by atoms with van der Waals surface area (Å²) < 4.78 is 5.55. The summed E-state index contributed by atoms with van der Waals surface area (Å²) in [5, 5.41) is 0. The van der Waals surface area contributed by atoms with Crippen LogP contribution in [0.3, 0.4) is 0 Å². The molecule has 0 amide bonds. The molecule has 0 spiro atoms. The van der Waals surface area contributed by atoms with Gasteiger partial charge in [-0.3, -0.25) is 0 Å². The van der Waals surface area contributed by atoms with Gasteiger partial charge >= 0.3 is 0 Å². The van der Waals surface area contributed by atoms with E-state index in [0.717, 1.165) is 17.0 Å². The van der Waals surface area contributed by atoms with E-state index in [4.69, 9.17) is 10.5 Å². The van der Waals surface area contributed by atoms with E-state index in [9.17, 15) is 0 Å². The molecule has 4 heteroatoms. The lowest BCUT2D eigenvalue weighted by atomic mass is 10.2. The zero-order valence-electron chi connectivity index (χ0n) is 9.76. The third kappa shape index (κ3) is 2.60. The fourth-order valence-electron chi connectivity index (χ4n) is 1.57. The molecule has 88 valence electrons. The third-order valence-corrected chi connectivity index (χ3v) is 2.35. The number of para-hydroxylation sites is 1. The predicted molar refractivity (Wildman–Crippen MR) is 66.5 cm³/mol. The SMILES string of the molecule is CCOc1ccccc1-c1nccc(CN)n1. The monoisotopic (exact) mass is 229 g/mol. The first-order chi connectivity index (χ1) is 8.35. The van der Waals surface area contributed by atoms with Crippen molar-refractivity contribution in [3.05, 3.63) is 42.2 Å². The molecule has 2 rings (SSSR count). The highest BCUT2D eigenvalue weighted by Gasteiger charge is 2.08. The highest BCUT2D eigenvalue weighted by molar-refractivity contribution is 5.63. The Bertz CT molecular complexity index is 500. The van der Waals surface area contributed by atoms with Crippen molar-refractivity contribution < 1.29 is 4.74 Å². The Labute approximate surface area is 100 Å². The van der Waals surface area contributed by atoms with Crippen molar-refractivity contribution in [2.24, 2.45) is 5.73 Å². The van der Waals surface area contributed by atoms with E-state index in [2.05, 4.69) is 9.97 Å². The summed E-state index contributed by atoms with van der Waals surface area (Å²) in [5.41, 5.74) is 7.29. The maximum absolute atomic E-state index is 5.57. The molecule has 0 bridgehead atoms. The number of nitrogens with zero attached hydrogens (tertiary/aromatic N) is 2. The highest BCUT2D eigenvalue weighted by atomic mass is 16.5. The van der Waals surface area contributed by atoms with Crippen LogP contribution in [0.15, 0.2) is 36.5 Å². The summed E-state index contributed by atoms with van der Waals surface area (Å²) in [6.45, 7) is 2.98. The minimum atomic E-state index is 0.409. The van der Waals surface area contributed by atoms with Gasteiger partial charge in [-0.1, -0.05) is 12.1 Å². The van der Waals surface area contributed by atoms with Crippen LogP contribution in [0.4, 0.5) is 0 Å². The van der Waals surface area contributed by atoms with Gasteiger partial charge in [0.1, 0.15) is 5.75 Å². The predicted octanol–water partition coefficient (Wildman–Crippen LogP) is 2.00. The van der Waals surface area contributed by atoms with Crippen molar-refractivity contribution in [2.75, 3.05) is 6.61 Å². The van der Waals surface area contributed by atoms with E-state index < -0.39 is 0 Å². The maximum atomic E-state index is 5.57. The lowest BCUT2D eigenvalue weighted by Gasteiger charge is -2.09. The van der Waals surface area contributed by atoms with Crippen molar-refractivity contribution >= 4 is 0 Å². The highest BCUT2D eigenvalue weighted by Crippen LogP contribution is 2.26. The van der Waals surface area contributed by atoms with E-state index >= 15 is 0 Å². The number of rotatable bonds is 4. The van der Waals surface area contributed by atoms with Gasteiger partial charge in [-0.15, -0.1) is 0 Å². The molecule has 0 unspecified atom stereocenters. The van der Waals surface area contributed by atoms with Crippen molar-refractivity contribution in [3.8, 4) is 17.1 Å². The lowest BCUT2D eigenvalue weighted by molar-refractivity contribution is 0.341. The van der Waals surface area contributed by atoms with Gasteiger partial charge in [-0.25, -0.2) is 9.97 Å². The summed E-state index contributed by atoms with van der Waals surface area (Å²) >= 11 is 0. The number of hydrogen-bond acceptors (Lipinski definition) is 4. The first kappa shape index (κ1) is 11.5. The van der Waals surface area contributed by atoms with Crippen LogP contribution in [0.25, 0.3) is 11.4 Å². The number of hydrogen-bond donors (Lipinski definition) is 1. The molecular weight excluding hydrogens is 214 g/mol. The smallest absolute Gasteiger partial charge is 0.163 e. The minimum absolute atomic E-state index is 0.409. The van der Waals surface area contributed by atoms with Gasteiger partial charge in [0.2, 0.25) is 0 Å². The van der Waals surface area contributed by atoms with Gasteiger partial charge < -0.3 is 10.5 Å². The fraction of sp³-hybridized carbons (Fsp3) is 0.231. The molecule has 4 nitrogen and oxygen atoms in total. The second-order valence-corrected chi connectivity index (χ2v) is 3.50. The van der Waals surface area contributed by atoms with Gasteiger partial charge in [0, 0.05) is 12.7 Å². The first-order valence-corrected chi connectivity index (χ1v) is 5.59. The average Bonchev–Trinajstić information content (AvgIpc) is 2.40. The number of aromatic nitrogens is 2. The second kappa shape index (κ2) is 5.41. The standard InChI is InChI=1S/C13H15N3O/c1-2-17-12-6-4-3-5-11(12)13-15-8-7-10(9-14)16-13/h3-8H,2,9,14H2,1H3. The largest absolute Gasteiger partial charge is 0.493 e. The molecule has 0 aliphatic heterocycles. The van der Waals surface area contributed by atoms with Crippen molar-refractivity contribution in [2.45, 2.75) is 13.5 Å². The van der Waals surface area contributed by atoms with Crippen LogP contribution in [0.5, 0.6) is 5.75 Å². The molecule has 1 aromatic heterocycles. The molecule has 0 aliphatic carbocycles. The summed E-state index contributed by atoms with van der Waals surface area (Å²) in [7, 11) is 0. The van der Waals surface area contributed by atoms with Gasteiger partial charge in [-0.2, -0.15) is 0 Å². The number of nitrogens with two attached hydrogens (primary N) is 1. The molecule has 2 N–H and O–H groups in total. The Morgan fingerprint density at radius 3 is 2.82 bits per heavy atom. The van der Waals surface area contributed by atoms with Crippen LogP contribution in [-0.2, 0) is 6.54 Å². The van der Waals surface area contributed by atoms with Crippen LogP contribution < -0.4 is 10.5 Å². The molecule has 1 heterocycles. The van der Waals surface area contributed by atoms with Gasteiger partial charge in [-0.05, 0) is 25.1 Å². The van der Waals surface area contributed by atoms with Crippen molar-refractivity contribution in [1.82, 2.24) is 9.97 Å². The lowest BCUT2D eigenvalue weighted by Crippen LogP contribution is -2.02. The molecule has 0 atom stereocenters. The van der Waals surface area contributed by atoms with Crippen LogP contribution in [0, 0.1) is 0 Å². The third-order valence-electron chi connectivity index (χ3n) is 2.35. The molecule has 1 aromatic carbocycles. The van der Waals surface area contributed by atoms with Crippen LogP contribution in [-0.4, -0.2) is 16.6 Å². The van der Waals surface area contributed by atoms with E-state index in [0.29, 0.717) is 19.0 Å². The van der Waals surface area contributed by atoms with E-state index in [1.54, 1.807) is 6.20 Å². The van der Waals surface area contributed by atoms with Gasteiger partial charge in [0.25, 0.3) is 0 Å². The molecule has 0 aliphatic rings. The zero-order chi connectivity index (χ0) is 12.1. The fourth-order valence-corrected chi connectivity index (χ4v) is 1.57. The first-order valence-electron chi connectivity index (χ1n) is 5.59. The van der Waals surface area contributed by atoms with E-state index in [-0.39, 0.29) is 0 Å². The minimum Gasteiger partial charge on any atom is -0.493 e. The molecule has 17 heavy (non-hydrogen) atoms. The quantitative estimate of drug-likeness (QED) is 0.871. The molecular formula is C13H15N3O. The van der Waals surface area contributed by atoms with Crippen LogP contribution in [0.1, 0.15) is 12.6 Å². The van der Waals surface area contributed by atoms with Crippen LogP contribution >= 0.6 is 0 Å². The molecule has 0 radical (unpaired) electrons. The molecule has 0 fully saturated rings. The topological polar surface area (TPSA) is 61.0 Å². The molecule has 0 saturated carbocycles. The zero-order valence-corrected chi connectivity index (χ0v) is 9.76.